The number of rotatable bonds is 7. The number of aryl methyl sites for hydroxylation is 2. The van der Waals surface area contributed by atoms with Crippen LogP contribution < -0.4 is 15.6 Å². The predicted octanol–water partition coefficient (Wildman–Crippen LogP) is 3.14. The van der Waals surface area contributed by atoms with Crippen molar-refractivity contribution >= 4 is 40.7 Å². The fourth-order valence-corrected chi connectivity index (χ4v) is 4.98. The van der Waals surface area contributed by atoms with Gasteiger partial charge in [-0.3, -0.25) is 25.2 Å². The third-order valence-electron chi connectivity index (χ3n) is 4.46. The lowest BCUT2D eigenvalue weighted by Gasteiger charge is -2.10. The van der Waals surface area contributed by atoms with E-state index in [4.69, 9.17) is 4.74 Å². The molecule has 0 saturated heterocycles. The summed E-state index contributed by atoms with van der Waals surface area (Å²) >= 11 is 2.87. The van der Waals surface area contributed by atoms with Crippen molar-refractivity contribution in [2.45, 2.75) is 31.9 Å². The summed E-state index contributed by atoms with van der Waals surface area (Å²) in [4.78, 5) is 37.6. The number of carbonyl (C=O) groups is 3. The van der Waals surface area contributed by atoms with Crippen LogP contribution in [0.4, 0.5) is 0 Å². The Morgan fingerprint density at radius 2 is 2.00 bits per heavy atom. The zero-order chi connectivity index (χ0) is 20.1. The molecular weight excluding hydrogens is 396 g/mol. The summed E-state index contributed by atoms with van der Waals surface area (Å²) in [6.07, 6.45) is 3.21. The number of methoxy groups -OCH3 is 1. The quantitative estimate of drug-likeness (QED) is 0.533. The maximum absolute atomic E-state index is 12.2. The molecule has 6 nitrogen and oxygen atoms in total. The molecule has 1 aliphatic carbocycles. The van der Waals surface area contributed by atoms with E-state index >= 15 is 0 Å². The van der Waals surface area contributed by atoms with Crippen LogP contribution in [0.5, 0.6) is 5.75 Å². The number of Topliss-reactive ketones (excluding diaryl/α,β-unsaturated/α-hetero) is 1. The van der Waals surface area contributed by atoms with Gasteiger partial charge in [0, 0.05) is 21.8 Å². The fraction of sp³-hybridized carbons (Fsp3) is 0.350. The number of hydrazine groups is 1. The van der Waals surface area contributed by atoms with E-state index < -0.39 is 0 Å². The molecule has 28 heavy (non-hydrogen) atoms. The second-order valence-corrected chi connectivity index (χ2v) is 8.61. The van der Waals surface area contributed by atoms with Crippen molar-refractivity contribution in [2.24, 2.45) is 0 Å². The van der Waals surface area contributed by atoms with Crippen LogP contribution in [-0.4, -0.2) is 30.5 Å². The Morgan fingerprint density at radius 1 is 1.18 bits per heavy atom. The molecule has 2 amide bonds. The van der Waals surface area contributed by atoms with Gasteiger partial charge in [0.25, 0.3) is 5.91 Å². The van der Waals surface area contributed by atoms with Crippen molar-refractivity contribution in [3.8, 4) is 5.75 Å². The summed E-state index contributed by atoms with van der Waals surface area (Å²) in [6.45, 7) is 1.51. The second kappa shape index (κ2) is 9.25. The maximum atomic E-state index is 12.2. The van der Waals surface area contributed by atoms with Crippen molar-refractivity contribution in [1.29, 1.82) is 0 Å². The first kappa shape index (κ1) is 20.4. The molecule has 0 aliphatic heterocycles. The number of nitrogens with one attached hydrogen (secondary N) is 2. The Labute approximate surface area is 172 Å². The second-order valence-electron chi connectivity index (χ2n) is 6.49. The summed E-state index contributed by atoms with van der Waals surface area (Å²) in [7, 11) is 1.57. The highest BCUT2D eigenvalue weighted by molar-refractivity contribution is 7.99. The van der Waals surface area contributed by atoms with Crippen molar-refractivity contribution in [3.05, 3.63) is 50.7 Å². The van der Waals surface area contributed by atoms with Crippen LogP contribution in [0.15, 0.2) is 24.3 Å². The summed E-state index contributed by atoms with van der Waals surface area (Å²) in [6, 6.07) is 7.17. The number of hydrogen-bond donors (Lipinski definition) is 2. The smallest absolute Gasteiger partial charge is 0.279 e. The van der Waals surface area contributed by atoms with Crippen molar-refractivity contribution in [3.63, 3.8) is 0 Å². The SMILES string of the molecule is COc1ccc(C(C)=O)cc1CSCC(=O)NNC(=O)c1cc2c(s1)CCC2. The Bertz CT molecular complexity index is 886. The molecule has 0 atom stereocenters. The minimum atomic E-state index is -0.288. The summed E-state index contributed by atoms with van der Waals surface area (Å²) in [5.74, 6) is 0.779. The number of carbonyl (C=O) groups excluding carboxylic acids is 3. The molecule has 2 N–H and O–H groups in total. The molecule has 1 heterocycles. The predicted molar refractivity (Wildman–Crippen MR) is 111 cm³/mol. The van der Waals surface area contributed by atoms with Gasteiger partial charge >= 0.3 is 0 Å². The van der Waals surface area contributed by atoms with E-state index in [0.29, 0.717) is 21.9 Å². The molecule has 1 aromatic heterocycles. The zero-order valence-corrected chi connectivity index (χ0v) is 17.4. The number of benzene rings is 1. The first-order chi connectivity index (χ1) is 13.5. The number of amides is 2. The summed E-state index contributed by atoms with van der Waals surface area (Å²) in [5, 5.41) is 0. The molecule has 3 rings (SSSR count). The topological polar surface area (TPSA) is 84.5 Å². The number of ketones is 1. The van der Waals surface area contributed by atoms with Gasteiger partial charge in [0.05, 0.1) is 17.7 Å². The van der Waals surface area contributed by atoms with Crippen LogP contribution in [0, 0.1) is 0 Å². The van der Waals surface area contributed by atoms with E-state index in [0.717, 1.165) is 24.8 Å². The van der Waals surface area contributed by atoms with Crippen LogP contribution in [0.1, 0.15) is 49.4 Å². The lowest BCUT2D eigenvalue weighted by molar-refractivity contribution is -0.119. The molecule has 148 valence electrons. The van der Waals surface area contributed by atoms with Crippen LogP contribution in [-0.2, 0) is 23.4 Å². The first-order valence-electron chi connectivity index (χ1n) is 8.94. The minimum absolute atomic E-state index is 0.0195. The van der Waals surface area contributed by atoms with E-state index in [2.05, 4.69) is 10.9 Å². The van der Waals surface area contributed by atoms with E-state index in [1.165, 1.54) is 40.5 Å². The Hall–Kier alpha value is -2.32. The highest BCUT2D eigenvalue weighted by Crippen LogP contribution is 2.30. The molecule has 0 radical (unpaired) electrons. The lowest BCUT2D eigenvalue weighted by Crippen LogP contribution is -2.42. The monoisotopic (exact) mass is 418 g/mol. The maximum Gasteiger partial charge on any atom is 0.279 e. The van der Waals surface area contributed by atoms with Gasteiger partial charge in [-0.15, -0.1) is 23.1 Å². The van der Waals surface area contributed by atoms with Gasteiger partial charge in [-0.05, 0) is 56.0 Å². The van der Waals surface area contributed by atoms with Gasteiger partial charge in [-0.2, -0.15) is 0 Å². The highest BCUT2D eigenvalue weighted by Gasteiger charge is 2.18. The van der Waals surface area contributed by atoms with E-state index in [9.17, 15) is 14.4 Å². The minimum Gasteiger partial charge on any atom is -0.496 e. The number of ether oxygens (including phenoxy) is 1. The molecule has 0 bridgehead atoms. The van der Waals surface area contributed by atoms with Crippen molar-refractivity contribution < 1.29 is 19.1 Å². The summed E-state index contributed by atoms with van der Waals surface area (Å²) in [5.41, 5.74) is 7.63. The molecule has 0 unspecified atom stereocenters. The third-order valence-corrected chi connectivity index (χ3v) is 6.68. The highest BCUT2D eigenvalue weighted by atomic mass is 32.2. The van der Waals surface area contributed by atoms with E-state index in [1.54, 1.807) is 25.3 Å². The van der Waals surface area contributed by atoms with E-state index in [-0.39, 0.29) is 23.4 Å². The average Bonchev–Trinajstić information content (AvgIpc) is 3.28. The van der Waals surface area contributed by atoms with Gasteiger partial charge in [0.2, 0.25) is 5.91 Å². The molecule has 1 aromatic carbocycles. The van der Waals surface area contributed by atoms with Gasteiger partial charge in [-0.25, -0.2) is 0 Å². The van der Waals surface area contributed by atoms with Crippen LogP contribution in [0.2, 0.25) is 0 Å². The Balaban J connectivity index is 1.46. The standard InChI is InChI=1S/C20H22N2O4S2/c1-12(23)13-6-7-16(26-2)15(8-13)10-27-11-19(24)21-22-20(25)18-9-14-4-3-5-17(14)28-18/h6-9H,3-5,10-11H2,1-2H3,(H,21,24)(H,22,25). The molecule has 8 heteroatoms. The van der Waals surface area contributed by atoms with Gasteiger partial charge in [-0.1, -0.05) is 0 Å². The van der Waals surface area contributed by atoms with Crippen molar-refractivity contribution in [2.75, 3.05) is 12.9 Å². The molecule has 1 aliphatic rings. The van der Waals surface area contributed by atoms with Crippen LogP contribution >= 0.6 is 23.1 Å². The number of hydrogen-bond acceptors (Lipinski definition) is 6. The van der Waals surface area contributed by atoms with Gasteiger partial charge < -0.3 is 4.74 Å². The zero-order valence-electron chi connectivity index (χ0n) is 15.8. The lowest BCUT2D eigenvalue weighted by atomic mass is 10.1. The van der Waals surface area contributed by atoms with Crippen LogP contribution in [0.25, 0.3) is 0 Å². The van der Waals surface area contributed by atoms with Crippen LogP contribution in [0.3, 0.4) is 0 Å². The third kappa shape index (κ3) is 4.94. The normalized spacial score (nSPS) is 12.4. The number of fused-ring (bicyclic) bond motifs is 1. The molecule has 2 aromatic rings. The summed E-state index contributed by atoms with van der Waals surface area (Å²) < 4.78 is 5.31. The molecular formula is C20H22N2O4S2. The molecule has 0 saturated carbocycles. The average molecular weight is 419 g/mol. The van der Waals surface area contributed by atoms with Crippen molar-refractivity contribution in [1.82, 2.24) is 10.9 Å². The molecule has 0 spiro atoms. The first-order valence-corrected chi connectivity index (χ1v) is 10.9. The van der Waals surface area contributed by atoms with Gasteiger partial charge in [0.15, 0.2) is 5.78 Å². The van der Waals surface area contributed by atoms with E-state index in [1.807, 2.05) is 6.07 Å². The Kier molecular flexibility index (Phi) is 6.74. The van der Waals surface area contributed by atoms with Gasteiger partial charge in [0.1, 0.15) is 5.75 Å². The number of thiophene rings is 1. The number of thioether (sulfide) groups is 1. The Morgan fingerprint density at radius 3 is 2.71 bits per heavy atom. The molecule has 0 fully saturated rings. The fourth-order valence-electron chi connectivity index (χ4n) is 3.03. The largest absolute Gasteiger partial charge is 0.496 e.